The average Bonchev–Trinajstić information content (AvgIpc) is 3.08. The van der Waals surface area contributed by atoms with Crippen LogP contribution < -0.4 is 10.6 Å². The van der Waals surface area contributed by atoms with Crippen molar-refractivity contribution in [3.63, 3.8) is 0 Å². The fourth-order valence-corrected chi connectivity index (χ4v) is 4.14. The van der Waals surface area contributed by atoms with E-state index in [4.69, 9.17) is 0 Å². The topological polar surface area (TPSA) is 76.0 Å². The number of hydrogen-bond acceptors (Lipinski definition) is 4. The highest BCUT2D eigenvalue weighted by molar-refractivity contribution is 9.10. The van der Waals surface area contributed by atoms with Crippen molar-refractivity contribution in [3.8, 4) is 0 Å². The summed E-state index contributed by atoms with van der Waals surface area (Å²) < 4.78 is 2.97. The molecular weight excluding hydrogens is 464 g/mol. The Morgan fingerprint density at radius 1 is 1.10 bits per heavy atom. The molecule has 8 heteroatoms. The molecule has 0 unspecified atom stereocenters. The Balaban J connectivity index is 1.55. The van der Waals surface area contributed by atoms with Gasteiger partial charge in [-0.3, -0.25) is 9.59 Å². The van der Waals surface area contributed by atoms with Crippen LogP contribution in [0, 0.1) is 5.92 Å². The van der Waals surface area contributed by atoms with Gasteiger partial charge in [-0.1, -0.05) is 49.9 Å². The van der Waals surface area contributed by atoms with Gasteiger partial charge < -0.3 is 15.2 Å². The van der Waals surface area contributed by atoms with E-state index in [1.165, 1.54) is 11.8 Å². The molecule has 0 aliphatic carbocycles. The van der Waals surface area contributed by atoms with Gasteiger partial charge in [0.25, 0.3) is 0 Å². The Bertz CT molecular complexity index is 1030. The van der Waals surface area contributed by atoms with Gasteiger partial charge >= 0.3 is 0 Å². The zero-order valence-corrected chi connectivity index (χ0v) is 19.4. The first-order valence-electron chi connectivity index (χ1n) is 9.83. The fraction of sp³-hybridized carbons (Fsp3) is 0.318. The Hall–Kier alpha value is -2.32. The van der Waals surface area contributed by atoms with Crippen LogP contribution in [0.3, 0.4) is 0 Å². The van der Waals surface area contributed by atoms with Crippen molar-refractivity contribution < 1.29 is 9.59 Å². The highest BCUT2D eigenvalue weighted by Crippen LogP contribution is 2.25. The van der Waals surface area contributed by atoms with Crippen molar-refractivity contribution in [2.45, 2.75) is 32.0 Å². The maximum absolute atomic E-state index is 12.3. The van der Waals surface area contributed by atoms with Crippen LogP contribution in [0.5, 0.6) is 0 Å². The summed E-state index contributed by atoms with van der Waals surface area (Å²) in [5, 5.41) is 6.27. The molecule has 0 aliphatic rings. The van der Waals surface area contributed by atoms with Gasteiger partial charge in [-0.15, -0.1) is 0 Å². The molecule has 0 atom stereocenters. The molecule has 0 spiro atoms. The van der Waals surface area contributed by atoms with Crippen LogP contribution in [0.4, 0.5) is 5.69 Å². The molecule has 3 aromatic rings. The second-order valence-corrected chi connectivity index (χ2v) is 9.11. The number of para-hydroxylation sites is 3. The van der Waals surface area contributed by atoms with Crippen LogP contribution in [0.2, 0.25) is 0 Å². The van der Waals surface area contributed by atoms with Crippen molar-refractivity contribution in [3.05, 3.63) is 53.0 Å². The van der Waals surface area contributed by atoms with Crippen LogP contribution in [0.25, 0.3) is 11.0 Å². The minimum atomic E-state index is -0.274. The Morgan fingerprint density at radius 2 is 1.83 bits per heavy atom. The van der Waals surface area contributed by atoms with Crippen molar-refractivity contribution >= 4 is 56.2 Å². The summed E-state index contributed by atoms with van der Waals surface area (Å²) in [5.41, 5.74) is 2.68. The molecular formula is C22H25BrN4O2S. The SMILES string of the molecule is CC(C)CCn1c(SCC(=O)NCC(=O)Nc2ccccc2Br)nc2ccccc21. The maximum Gasteiger partial charge on any atom is 0.243 e. The molecule has 30 heavy (non-hydrogen) atoms. The van der Waals surface area contributed by atoms with Gasteiger partial charge in [0.05, 0.1) is 29.0 Å². The standard InChI is InChI=1S/C22H25BrN4O2S/c1-15(2)11-12-27-19-10-6-5-9-18(19)26-22(27)30-14-21(29)24-13-20(28)25-17-8-4-3-7-16(17)23/h3-10,15H,11-14H2,1-2H3,(H,24,29)(H,25,28). The number of aryl methyl sites for hydroxylation is 1. The smallest absolute Gasteiger partial charge is 0.243 e. The third-order valence-electron chi connectivity index (χ3n) is 4.48. The molecule has 0 radical (unpaired) electrons. The number of hydrogen-bond donors (Lipinski definition) is 2. The molecule has 1 heterocycles. The maximum atomic E-state index is 12.3. The number of carbonyl (C=O) groups excluding carboxylic acids is 2. The molecule has 0 fully saturated rings. The lowest BCUT2D eigenvalue weighted by Gasteiger charge is -2.11. The van der Waals surface area contributed by atoms with Gasteiger partial charge in [0.1, 0.15) is 0 Å². The lowest BCUT2D eigenvalue weighted by atomic mass is 10.1. The summed E-state index contributed by atoms with van der Waals surface area (Å²) in [6.07, 6.45) is 1.04. The van der Waals surface area contributed by atoms with Crippen LogP contribution in [0.1, 0.15) is 20.3 Å². The molecule has 3 rings (SSSR count). The van der Waals surface area contributed by atoms with Crippen molar-refractivity contribution in [1.82, 2.24) is 14.9 Å². The molecule has 0 aliphatic heterocycles. The molecule has 1 aromatic heterocycles. The number of rotatable bonds is 9. The van der Waals surface area contributed by atoms with Gasteiger partial charge in [0, 0.05) is 11.0 Å². The zero-order chi connectivity index (χ0) is 21.5. The second-order valence-electron chi connectivity index (χ2n) is 7.31. The number of nitrogens with zero attached hydrogens (tertiary/aromatic N) is 2. The van der Waals surface area contributed by atoms with Gasteiger partial charge in [-0.05, 0) is 52.5 Å². The first-order valence-corrected chi connectivity index (χ1v) is 11.6. The summed E-state index contributed by atoms with van der Waals surface area (Å²) in [4.78, 5) is 29.1. The molecule has 6 nitrogen and oxygen atoms in total. The van der Waals surface area contributed by atoms with Crippen molar-refractivity contribution in [2.24, 2.45) is 5.92 Å². The first kappa shape index (κ1) is 22.4. The van der Waals surface area contributed by atoms with E-state index in [1.807, 2.05) is 36.4 Å². The van der Waals surface area contributed by atoms with Crippen LogP contribution >= 0.6 is 27.7 Å². The number of halogens is 1. The van der Waals surface area contributed by atoms with E-state index in [-0.39, 0.29) is 24.1 Å². The van der Waals surface area contributed by atoms with E-state index in [9.17, 15) is 9.59 Å². The number of aromatic nitrogens is 2. The number of anilines is 1. The lowest BCUT2D eigenvalue weighted by Crippen LogP contribution is -2.34. The predicted octanol–water partition coefficient (Wildman–Crippen LogP) is 4.69. The number of amides is 2. The average molecular weight is 489 g/mol. The molecule has 0 saturated heterocycles. The largest absolute Gasteiger partial charge is 0.346 e. The van der Waals surface area contributed by atoms with E-state index >= 15 is 0 Å². The van der Waals surface area contributed by atoms with E-state index in [2.05, 4.69) is 56.0 Å². The Morgan fingerprint density at radius 3 is 2.60 bits per heavy atom. The fourth-order valence-electron chi connectivity index (χ4n) is 2.88. The van der Waals surface area contributed by atoms with E-state index in [0.717, 1.165) is 33.6 Å². The Kier molecular flexibility index (Phi) is 7.93. The van der Waals surface area contributed by atoms with Crippen LogP contribution in [-0.4, -0.2) is 33.7 Å². The predicted molar refractivity (Wildman–Crippen MR) is 126 cm³/mol. The van der Waals surface area contributed by atoms with Gasteiger partial charge in [0.2, 0.25) is 11.8 Å². The van der Waals surface area contributed by atoms with Gasteiger partial charge in [-0.25, -0.2) is 4.98 Å². The third kappa shape index (κ3) is 6.09. The number of carbonyl (C=O) groups is 2. The Labute approximate surface area is 189 Å². The minimum Gasteiger partial charge on any atom is -0.346 e. The molecule has 0 bridgehead atoms. The molecule has 2 aromatic carbocycles. The van der Waals surface area contributed by atoms with Crippen LogP contribution in [-0.2, 0) is 16.1 Å². The normalized spacial score (nSPS) is 11.1. The lowest BCUT2D eigenvalue weighted by molar-refractivity contribution is -0.122. The molecule has 0 saturated carbocycles. The molecule has 2 N–H and O–H groups in total. The zero-order valence-electron chi connectivity index (χ0n) is 17.0. The second kappa shape index (κ2) is 10.6. The number of nitrogens with one attached hydrogen (secondary N) is 2. The van der Waals surface area contributed by atoms with Crippen LogP contribution in [0.15, 0.2) is 58.2 Å². The summed E-state index contributed by atoms with van der Waals surface area (Å²) >= 11 is 4.77. The van der Waals surface area contributed by atoms with E-state index < -0.39 is 0 Å². The number of benzene rings is 2. The molecule has 158 valence electrons. The summed E-state index contributed by atoms with van der Waals surface area (Å²) in [6, 6.07) is 15.3. The van der Waals surface area contributed by atoms with E-state index in [1.54, 1.807) is 6.07 Å². The number of imidazole rings is 1. The molecule has 2 amide bonds. The van der Waals surface area contributed by atoms with Crippen molar-refractivity contribution in [2.75, 3.05) is 17.6 Å². The first-order chi connectivity index (χ1) is 14.4. The van der Waals surface area contributed by atoms with Gasteiger partial charge in [0.15, 0.2) is 5.16 Å². The third-order valence-corrected chi connectivity index (χ3v) is 6.14. The highest BCUT2D eigenvalue weighted by Gasteiger charge is 2.14. The summed E-state index contributed by atoms with van der Waals surface area (Å²) in [6.45, 7) is 5.16. The van der Waals surface area contributed by atoms with E-state index in [0.29, 0.717) is 11.6 Å². The van der Waals surface area contributed by atoms with Gasteiger partial charge in [-0.2, -0.15) is 0 Å². The number of fused-ring (bicyclic) bond motifs is 1. The quantitative estimate of drug-likeness (QED) is 0.428. The summed E-state index contributed by atoms with van der Waals surface area (Å²) in [5.74, 6) is 0.303. The van der Waals surface area contributed by atoms with Crippen molar-refractivity contribution in [1.29, 1.82) is 0 Å². The monoisotopic (exact) mass is 488 g/mol. The summed E-state index contributed by atoms with van der Waals surface area (Å²) in [7, 11) is 0. The highest BCUT2D eigenvalue weighted by atomic mass is 79.9. The minimum absolute atomic E-state index is 0.0789. The number of thioether (sulfide) groups is 1.